The second-order valence-electron chi connectivity index (χ2n) is 10.2. The number of nitrogens with zero attached hydrogens (tertiary/aromatic N) is 7. The zero-order valence-electron chi connectivity index (χ0n) is 20.2. The lowest BCUT2D eigenvalue weighted by atomic mass is 9.87. The third kappa shape index (κ3) is 3.59. The summed E-state index contributed by atoms with van der Waals surface area (Å²) < 4.78 is 7.04. The quantitative estimate of drug-likeness (QED) is 0.415. The Balaban J connectivity index is 1.10. The van der Waals surface area contributed by atoms with Gasteiger partial charge < -0.3 is 9.64 Å². The Labute approximate surface area is 209 Å². The smallest absolute Gasteiger partial charge is 0.212 e. The number of methoxy groups -OCH3 is 1. The maximum absolute atomic E-state index is 9.63. The topological polar surface area (TPSA) is 82.6 Å². The molecular formula is C28H27N7O. The van der Waals surface area contributed by atoms with Crippen LogP contribution in [0.1, 0.15) is 41.9 Å². The molecule has 1 aliphatic carbocycles. The van der Waals surface area contributed by atoms with Gasteiger partial charge in [0.05, 0.1) is 24.4 Å². The summed E-state index contributed by atoms with van der Waals surface area (Å²) in [6, 6.07) is 13.9. The second kappa shape index (κ2) is 8.32. The first-order chi connectivity index (χ1) is 17.7. The number of ether oxygens (including phenoxy) is 1. The minimum absolute atomic E-state index is 0.534. The van der Waals surface area contributed by atoms with E-state index in [9.17, 15) is 5.26 Å². The van der Waals surface area contributed by atoms with Crippen LogP contribution < -0.4 is 9.64 Å². The molecule has 4 aromatic rings. The molecule has 8 nitrogen and oxygen atoms in total. The number of aromatic nitrogens is 4. The molecule has 180 valence electrons. The van der Waals surface area contributed by atoms with Crippen molar-refractivity contribution in [2.75, 3.05) is 25.1 Å². The molecule has 4 fully saturated rings. The molecule has 0 aromatic carbocycles. The Morgan fingerprint density at radius 2 is 1.92 bits per heavy atom. The van der Waals surface area contributed by atoms with Crippen LogP contribution in [0.15, 0.2) is 55.1 Å². The first kappa shape index (κ1) is 21.3. The first-order valence-corrected chi connectivity index (χ1v) is 12.6. The Bertz CT molecular complexity index is 1460. The number of rotatable bonds is 6. The lowest BCUT2D eigenvalue weighted by Crippen LogP contribution is -2.68. The van der Waals surface area contributed by atoms with Gasteiger partial charge >= 0.3 is 0 Å². The van der Waals surface area contributed by atoms with Crippen molar-refractivity contribution in [1.82, 2.24) is 24.5 Å². The van der Waals surface area contributed by atoms with Crippen LogP contribution in [-0.2, 0) is 6.54 Å². The zero-order valence-corrected chi connectivity index (χ0v) is 20.2. The standard InChI is InChI=1S/C28H27N7O/c1-36-27-7-2-18(11-31-27)14-34-23-9-24(34)17-33(16-23)26-6-5-20(12-30-26)25-8-21(19-3-4-19)15-35-28(25)22(10-29)13-32-35/h2,5-8,11-13,15,19,23-24H,3-4,9,14,16-17H2,1H3. The van der Waals surface area contributed by atoms with Crippen molar-refractivity contribution < 1.29 is 4.74 Å². The van der Waals surface area contributed by atoms with Crippen LogP contribution in [0.5, 0.6) is 5.88 Å². The summed E-state index contributed by atoms with van der Waals surface area (Å²) in [6.07, 6.45) is 11.3. The van der Waals surface area contributed by atoms with Gasteiger partial charge in [-0.15, -0.1) is 0 Å². The average molecular weight is 478 g/mol. The highest BCUT2D eigenvalue weighted by Gasteiger charge is 2.44. The van der Waals surface area contributed by atoms with Crippen molar-refractivity contribution in [3.05, 3.63) is 71.8 Å². The van der Waals surface area contributed by atoms with Gasteiger partial charge in [-0.2, -0.15) is 10.4 Å². The summed E-state index contributed by atoms with van der Waals surface area (Å²) in [4.78, 5) is 14.2. The number of fused-ring (bicyclic) bond motifs is 3. The molecule has 7 heterocycles. The molecule has 0 spiro atoms. The van der Waals surface area contributed by atoms with E-state index in [1.54, 1.807) is 13.3 Å². The number of piperidine rings is 1. The minimum Gasteiger partial charge on any atom is -0.481 e. The molecule has 0 amide bonds. The molecule has 3 aliphatic heterocycles. The number of piperazine rings is 1. The average Bonchev–Trinajstić information content (AvgIpc) is 3.71. The Hall–Kier alpha value is -3.96. The van der Waals surface area contributed by atoms with E-state index in [0.717, 1.165) is 42.1 Å². The SMILES string of the molecule is COc1ccc(CN2C3CC2CN(c2ccc(-c4cc(C5CC5)cn5ncc(C#N)c45)cn2)C3)cn1. The van der Waals surface area contributed by atoms with E-state index < -0.39 is 0 Å². The van der Waals surface area contributed by atoms with E-state index >= 15 is 0 Å². The van der Waals surface area contributed by atoms with Gasteiger partial charge in [0.25, 0.3) is 0 Å². The van der Waals surface area contributed by atoms with Crippen molar-refractivity contribution >= 4 is 11.3 Å². The fourth-order valence-electron chi connectivity index (χ4n) is 5.78. The van der Waals surface area contributed by atoms with E-state index in [1.165, 1.54) is 30.4 Å². The molecule has 1 saturated carbocycles. The van der Waals surface area contributed by atoms with Crippen LogP contribution in [0.2, 0.25) is 0 Å². The summed E-state index contributed by atoms with van der Waals surface area (Å²) >= 11 is 0. The summed E-state index contributed by atoms with van der Waals surface area (Å²) in [6.45, 7) is 2.89. The predicted molar refractivity (Wildman–Crippen MR) is 136 cm³/mol. The van der Waals surface area contributed by atoms with Crippen LogP contribution in [0, 0.1) is 11.3 Å². The highest BCUT2D eigenvalue weighted by Crippen LogP contribution is 2.42. The lowest BCUT2D eigenvalue weighted by molar-refractivity contribution is -0.00876. The molecule has 4 aliphatic rings. The molecule has 0 N–H and O–H groups in total. The number of hydrogen-bond acceptors (Lipinski definition) is 7. The lowest BCUT2D eigenvalue weighted by Gasteiger charge is -2.56. The van der Waals surface area contributed by atoms with Crippen molar-refractivity contribution in [3.8, 4) is 23.1 Å². The highest BCUT2D eigenvalue weighted by molar-refractivity contribution is 5.85. The van der Waals surface area contributed by atoms with E-state index in [0.29, 0.717) is 29.4 Å². The molecule has 8 heteroatoms. The Morgan fingerprint density at radius 3 is 2.58 bits per heavy atom. The fraction of sp³-hybridized carbons (Fsp3) is 0.357. The maximum Gasteiger partial charge on any atom is 0.212 e. The first-order valence-electron chi connectivity index (χ1n) is 12.6. The van der Waals surface area contributed by atoms with E-state index in [-0.39, 0.29) is 0 Å². The van der Waals surface area contributed by atoms with Gasteiger partial charge in [0.15, 0.2) is 0 Å². The zero-order chi connectivity index (χ0) is 24.2. The van der Waals surface area contributed by atoms with Gasteiger partial charge in [-0.25, -0.2) is 14.5 Å². The largest absolute Gasteiger partial charge is 0.481 e. The maximum atomic E-state index is 9.63. The molecule has 8 rings (SSSR count). The van der Waals surface area contributed by atoms with E-state index in [2.05, 4.69) is 56.4 Å². The second-order valence-corrected chi connectivity index (χ2v) is 10.2. The van der Waals surface area contributed by atoms with Crippen LogP contribution in [0.25, 0.3) is 16.6 Å². The molecule has 2 unspecified atom stereocenters. The third-order valence-electron chi connectivity index (χ3n) is 7.90. The molecule has 4 aromatic heterocycles. The minimum atomic E-state index is 0.534. The monoisotopic (exact) mass is 477 g/mol. The van der Waals surface area contributed by atoms with Crippen LogP contribution in [0.4, 0.5) is 5.82 Å². The molecule has 2 bridgehead atoms. The Morgan fingerprint density at radius 1 is 1.06 bits per heavy atom. The van der Waals surface area contributed by atoms with Crippen molar-refractivity contribution in [2.24, 2.45) is 0 Å². The van der Waals surface area contributed by atoms with Gasteiger partial charge in [-0.05, 0) is 54.5 Å². The van der Waals surface area contributed by atoms with Gasteiger partial charge in [0, 0.05) is 67.5 Å². The normalized spacial score (nSPS) is 21.3. The highest BCUT2D eigenvalue weighted by atomic mass is 16.5. The molecular weight excluding hydrogens is 450 g/mol. The Kier molecular flexibility index (Phi) is 4.93. The molecule has 36 heavy (non-hydrogen) atoms. The summed E-state index contributed by atoms with van der Waals surface area (Å²) in [7, 11) is 1.64. The molecule has 2 atom stereocenters. The summed E-state index contributed by atoms with van der Waals surface area (Å²) in [5.74, 6) is 2.27. The van der Waals surface area contributed by atoms with Crippen molar-refractivity contribution in [1.29, 1.82) is 5.26 Å². The van der Waals surface area contributed by atoms with Crippen LogP contribution in [-0.4, -0.2) is 56.8 Å². The van der Waals surface area contributed by atoms with E-state index in [4.69, 9.17) is 9.72 Å². The number of pyridine rings is 3. The number of hydrogen-bond donors (Lipinski definition) is 0. The van der Waals surface area contributed by atoms with E-state index in [1.807, 2.05) is 23.0 Å². The van der Waals surface area contributed by atoms with Crippen LogP contribution in [0.3, 0.4) is 0 Å². The third-order valence-corrected chi connectivity index (χ3v) is 7.90. The number of nitriles is 1. The van der Waals surface area contributed by atoms with Crippen molar-refractivity contribution in [2.45, 2.75) is 43.8 Å². The van der Waals surface area contributed by atoms with Crippen LogP contribution >= 0.6 is 0 Å². The molecule has 0 radical (unpaired) electrons. The number of anilines is 1. The summed E-state index contributed by atoms with van der Waals surface area (Å²) in [5, 5.41) is 14.1. The van der Waals surface area contributed by atoms with Gasteiger partial charge in [-0.3, -0.25) is 4.90 Å². The van der Waals surface area contributed by atoms with Gasteiger partial charge in [0.2, 0.25) is 5.88 Å². The summed E-state index contributed by atoms with van der Waals surface area (Å²) in [5.41, 5.74) is 6.03. The van der Waals surface area contributed by atoms with Crippen molar-refractivity contribution in [3.63, 3.8) is 0 Å². The predicted octanol–water partition coefficient (Wildman–Crippen LogP) is 4.01. The van der Waals surface area contributed by atoms with Gasteiger partial charge in [-0.1, -0.05) is 6.07 Å². The van der Waals surface area contributed by atoms with Gasteiger partial charge in [0.1, 0.15) is 11.9 Å². The fourth-order valence-corrected chi connectivity index (χ4v) is 5.78. The molecule has 3 saturated heterocycles.